The topological polar surface area (TPSA) is 25.8 Å². The zero-order valence-electron chi connectivity index (χ0n) is 6.99. The van der Waals surface area contributed by atoms with Crippen molar-refractivity contribution in [3.63, 3.8) is 0 Å². The van der Waals surface area contributed by atoms with Crippen molar-refractivity contribution >= 4 is 14.7 Å². The van der Waals surface area contributed by atoms with Gasteiger partial charge in [0.1, 0.15) is 0 Å². The molecule has 2 aliphatic carbocycles. The third-order valence-electron chi connectivity index (χ3n) is 3.09. The summed E-state index contributed by atoms with van der Waals surface area (Å²) in [4.78, 5) is 0. The van der Waals surface area contributed by atoms with E-state index in [-0.39, 0.29) is 0 Å². The first-order valence-electron chi connectivity index (χ1n) is 4.76. The van der Waals surface area contributed by atoms with Crippen LogP contribution in [0.1, 0.15) is 41.7 Å². The summed E-state index contributed by atoms with van der Waals surface area (Å²) in [5.41, 5.74) is 1.42. The summed E-state index contributed by atoms with van der Waals surface area (Å²) in [6, 6.07) is 0. The molecule has 3 rings (SSSR count). The van der Waals surface area contributed by atoms with Gasteiger partial charge in [-0.3, -0.25) is 0 Å². The number of hydrogen-bond donors (Lipinski definition) is 0. The molecule has 1 fully saturated rings. The van der Waals surface area contributed by atoms with Crippen LogP contribution in [0.3, 0.4) is 0 Å². The summed E-state index contributed by atoms with van der Waals surface area (Å²) in [5, 5.41) is 4.31. The fourth-order valence-electron chi connectivity index (χ4n) is 2.26. The van der Waals surface area contributed by atoms with Crippen molar-refractivity contribution < 1.29 is 0 Å². The first kappa shape index (κ1) is 7.28. The minimum absolute atomic E-state index is 0.389. The van der Waals surface area contributed by atoms with Crippen molar-refractivity contribution in [3.05, 3.63) is 10.1 Å². The number of rotatable bonds is 0. The predicted molar refractivity (Wildman–Crippen MR) is 47.4 cm³/mol. The van der Waals surface area contributed by atoms with E-state index >= 15 is 0 Å². The Morgan fingerprint density at radius 2 is 2.33 bits per heavy atom. The van der Waals surface area contributed by atoms with Crippen molar-refractivity contribution in [2.45, 2.75) is 38.0 Å². The maximum absolute atomic E-state index is 4.31. The van der Waals surface area contributed by atoms with Crippen LogP contribution in [0.15, 0.2) is 0 Å². The van der Waals surface area contributed by atoms with E-state index in [0.717, 1.165) is 11.8 Å². The molecule has 2 nitrogen and oxygen atoms in total. The van der Waals surface area contributed by atoms with Crippen LogP contribution < -0.4 is 0 Å². The van der Waals surface area contributed by atoms with Crippen molar-refractivity contribution in [3.8, 4) is 0 Å². The van der Waals surface area contributed by atoms with Crippen LogP contribution in [0.25, 0.3) is 0 Å². The third-order valence-corrected chi connectivity index (χ3v) is 4.76. The van der Waals surface area contributed by atoms with Crippen LogP contribution in [0, 0.1) is 5.92 Å². The van der Waals surface area contributed by atoms with Gasteiger partial charge in [0, 0.05) is 0 Å². The summed E-state index contributed by atoms with van der Waals surface area (Å²) in [6.07, 6.45) is 6.98. The Morgan fingerprint density at radius 1 is 1.33 bits per heavy atom. The monoisotopic (exact) mass is 228 g/mol. The average Bonchev–Trinajstić information content (AvgIpc) is 2.64. The molecule has 2 atom stereocenters. The van der Waals surface area contributed by atoms with Crippen molar-refractivity contribution in [1.82, 2.24) is 9.19 Å². The van der Waals surface area contributed by atoms with Crippen LogP contribution in [0.4, 0.5) is 0 Å². The van der Waals surface area contributed by atoms with Crippen LogP contribution in [-0.2, 0) is 6.42 Å². The summed E-state index contributed by atoms with van der Waals surface area (Å²) in [5.74, 6) is 1.83. The average molecular weight is 227 g/mol. The molecule has 0 N–H and O–H groups in total. The fourth-order valence-corrected chi connectivity index (χ4v) is 3.84. The summed E-state index contributed by atoms with van der Waals surface area (Å²) < 4.78 is 5.82. The Bertz CT molecular complexity index is 294. The van der Waals surface area contributed by atoms with Gasteiger partial charge in [0.15, 0.2) is 0 Å². The number of aryl methyl sites for hydroxylation is 1. The van der Waals surface area contributed by atoms with Crippen molar-refractivity contribution in [2.75, 3.05) is 0 Å². The van der Waals surface area contributed by atoms with Gasteiger partial charge in [0.05, 0.1) is 0 Å². The Balaban J connectivity index is 1.97. The van der Waals surface area contributed by atoms with E-state index in [1.807, 2.05) is 0 Å². The molecule has 0 aliphatic heterocycles. The van der Waals surface area contributed by atoms with Gasteiger partial charge in [-0.1, -0.05) is 0 Å². The fraction of sp³-hybridized carbons (Fsp3) is 0.778. The molecule has 0 radical (unpaired) electrons. The number of aromatic nitrogens is 2. The molecule has 0 saturated heterocycles. The van der Waals surface area contributed by atoms with E-state index in [2.05, 4.69) is 9.19 Å². The van der Waals surface area contributed by atoms with Gasteiger partial charge in [-0.15, -0.1) is 0 Å². The molecule has 1 aromatic rings. The quantitative estimate of drug-likeness (QED) is 0.625. The van der Waals surface area contributed by atoms with Crippen LogP contribution >= 0.6 is 0 Å². The Hall–Kier alpha value is -0.141. The second-order valence-electron chi connectivity index (χ2n) is 3.93. The van der Waals surface area contributed by atoms with Gasteiger partial charge < -0.3 is 0 Å². The molecule has 3 heteroatoms. The molecular formula is C9H12N2Se. The molecular weight excluding hydrogens is 215 g/mol. The van der Waals surface area contributed by atoms with Gasteiger partial charge in [-0.25, -0.2) is 0 Å². The third kappa shape index (κ3) is 1.07. The first-order chi connectivity index (χ1) is 5.95. The zero-order chi connectivity index (χ0) is 7.97. The molecule has 1 saturated carbocycles. The van der Waals surface area contributed by atoms with E-state index in [1.165, 1.54) is 37.8 Å². The molecule has 0 aromatic carbocycles. The van der Waals surface area contributed by atoms with Crippen LogP contribution in [0.5, 0.6) is 0 Å². The van der Waals surface area contributed by atoms with Gasteiger partial charge in [0.25, 0.3) is 0 Å². The summed E-state index contributed by atoms with van der Waals surface area (Å²) in [7, 11) is 0. The van der Waals surface area contributed by atoms with E-state index in [9.17, 15) is 0 Å². The molecule has 1 heterocycles. The van der Waals surface area contributed by atoms with E-state index in [4.69, 9.17) is 0 Å². The van der Waals surface area contributed by atoms with E-state index in [0.29, 0.717) is 14.7 Å². The zero-order valence-corrected chi connectivity index (χ0v) is 8.71. The van der Waals surface area contributed by atoms with Crippen LogP contribution in [-0.4, -0.2) is 23.9 Å². The number of hydrogen-bond acceptors (Lipinski definition) is 2. The summed E-state index contributed by atoms with van der Waals surface area (Å²) >= 11 is 0.389. The van der Waals surface area contributed by atoms with E-state index < -0.39 is 0 Å². The standard InChI is InChI=1S/C9H12N2Se/c1-2-4-8-9(10-11-12-8)7-5-6(7)3-1/h6-7H,1-5H2. The molecule has 2 unspecified atom stereocenters. The second kappa shape index (κ2) is 2.68. The van der Waals surface area contributed by atoms with Gasteiger partial charge >= 0.3 is 78.0 Å². The normalized spacial score (nSPS) is 33.0. The van der Waals surface area contributed by atoms with Crippen molar-refractivity contribution in [2.24, 2.45) is 5.92 Å². The van der Waals surface area contributed by atoms with Gasteiger partial charge in [0.2, 0.25) is 0 Å². The number of fused-ring (bicyclic) bond motifs is 3. The van der Waals surface area contributed by atoms with Crippen LogP contribution in [0.2, 0.25) is 0 Å². The number of nitrogens with zero attached hydrogens (tertiary/aromatic N) is 2. The second-order valence-corrected chi connectivity index (χ2v) is 5.69. The predicted octanol–water partition coefficient (Wildman–Crippen LogP) is 1.36. The van der Waals surface area contributed by atoms with Gasteiger partial charge in [-0.2, -0.15) is 0 Å². The van der Waals surface area contributed by atoms with E-state index in [1.54, 1.807) is 4.44 Å². The SMILES string of the molecule is C1CCC2CC2c2nn[se]c2C1. The molecule has 0 bridgehead atoms. The molecule has 64 valence electrons. The Kier molecular flexibility index (Phi) is 1.62. The summed E-state index contributed by atoms with van der Waals surface area (Å²) in [6.45, 7) is 0. The molecule has 1 aromatic heterocycles. The molecule has 0 spiro atoms. The molecule has 0 amide bonds. The van der Waals surface area contributed by atoms with Gasteiger partial charge in [-0.05, 0) is 0 Å². The Morgan fingerprint density at radius 3 is 3.33 bits per heavy atom. The minimum atomic E-state index is 0.389. The molecule has 12 heavy (non-hydrogen) atoms. The van der Waals surface area contributed by atoms with Crippen molar-refractivity contribution in [1.29, 1.82) is 0 Å². The maximum atomic E-state index is 4.31. The first-order valence-corrected chi connectivity index (χ1v) is 6.38. The molecule has 2 aliphatic rings. The Labute approximate surface area is 78.4 Å².